The standard InChI is InChI=1S/3C16H10Cl2N2O3.C2H6O/c3*1-7-5-11-14(16(21)22-7)12(8(6-19)15(20)23-11)13-9(17)3-2-4-10(13)18;1-2-3/h3*2-5,12H,20H2,1H3;3H,2H2,1H3. The summed E-state index contributed by atoms with van der Waals surface area (Å²) in [5, 5.41) is 37.8. The van der Waals surface area contributed by atoms with Crippen LogP contribution in [0.1, 0.15) is 75.3 Å². The number of hydrogen-bond donors (Lipinski definition) is 4. The van der Waals surface area contributed by atoms with Crippen molar-refractivity contribution in [1.29, 1.82) is 15.8 Å². The Labute approximate surface area is 439 Å². The Morgan fingerprint density at radius 1 is 0.472 bits per heavy atom. The smallest absolute Gasteiger partial charge is 0.343 e. The third kappa shape index (κ3) is 10.8. The fraction of sp³-hybridized carbons (Fsp3) is 0.160. The first-order valence-electron chi connectivity index (χ1n) is 20.8. The van der Waals surface area contributed by atoms with Gasteiger partial charge in [-0.3, -0.25) is 0 Å². The fourth-order valence-electron chi connectivity index (χ4n) is 7.78. The van der Waals surface area contributed by atoms with E-state index in [1.165, 1.54) is 18.2 Å². The lowest BCUT2D eigenvalue weighted by atomic mass is 9.84. The summed E-state index contributed by atoms with van der Waals surface area (Å²) in [6, 6.07) is 25.3. The fourth-order valence-corrected chi connectivity index (χ4v) is 9.63. The molecule has 16 nitrogen and oxygen atoms in total. The van der Waals surface area contributed by atoms with Crippen molar-refractivity contribution in [1.82, 2.24) is 0 Å². The van der Waals surface area contributed by atoms with Crippen LogP contribution < -0.4 is 48.3 Å². The highest BCUT2D eigenvalue weighted by Crippen LogP contribution is 2.48. The number of rotatable bonds is 3. The van der Waals surface area contributed by atoms with Crippen molar-refractivity contribution in [2.45, 2.75) is 45.4 Å². The molecule has 6 aromatic rings. The Bertz CT molecular complexity index is 3150. The van der Waals surface area contributed by atoms with E-state index in [1.54, 1.807) is 82.3 Å². The van der Waals surface area contributed by atoms with Crippen LogP contribution in [0.25, 0.3) is 0 Å². The first-order chi connectivity index (χ1) is 34.2. The molecule has 6 heterocycles. The molecule has 3 aliphatic rings. The van der Waals surface area contributed by atoms with Gasteiger partial charge in [-0.2, -0.15) is 15.8 Å². The molecular weight excluding hydrogens is 1060 g/mol. The van der Waals surface area contributed by atoms with E-state index in [9.17, 15) is 30.2 Å². The Hall–Kier alpha value is -7.30. The van der Waals surface area contributed by atoms with Gasteiger partial charge in [0.2, 0.25) is 17.6 Å². The number of hydrogen-bond acceptors (Lipinski definition) is 16. The maximum atomic E-state index is 12.4. The van der Waals surface area contributed by atoms with E-state index >= 15 is 0 Å². The lowest BCUT2D eigenvalue weighted by Crippen LogP contribution is -2.26. The molecule has 368 valence electrons. The van der Waals surface area contributed by atoms with E-state index in [0.717, 1.165) is 0 Å². The zero-order chi connectivity index (χ0) is 52.9. The van der Waals surface area contributed by atoms with Crippen molar-refractivity contribution in [3.05, 3.63) is 219 Å². The second kappa shape index (κ2) is 22.8. The number of allylic oxidation sites excluding steroid dienone is 3. The molecule has 3 aliphatic heterocycles. The van der Waals surface area contributed by atoms with Crippen LogP contribution in [-0.2, 0) is 0 Å². The largest absolute Gasteiger partial charge is 0.440 e. The van der Waals surface area contributed by atoms with Crippen molar-refractivity contribution in [2.24, 2.45) is 17.2 Å². The van der Waals surface area contributed by atoms with Gasteiger partial charge in [0.05, 0.1) is 34.4 Å². The van der Waals surface area contributed by atoms with Gasteiger partial charge in [0, 0.05) is 71.6 Å². The summed E-state index contributed by atoms with van der Waals surface area (Å²) in [5.74, 6) is -1.01. The SMILES string of the molecule is CCO.Cc1cc2c(c(=O)o1)C(c1c(Cl)cccc1Cl)C(C#N)=C(N)O2.Cc1cc2c(c(=O)o1)C(c1c(Cl)cccc1Cl)C(C#N)=C(N)O2.Cc1cc2c(c(=O)o1)C(c1c(Cl)cccc1Cl)C(C#N)=C(N)O2. The Morgan fingerprint density at radius 3 is 0.875 bits per heavy atom. The molecule has 0 saturated heterocycles. The van der Waals surface area contributed by atoms with Crippen LogP contribution in [0.15, 0.2) is 135 Å². The molecular formula is C50H36Cl6N6O10. The first-order valence-corrected chi connectivity index (χ1v) is 23.1. The van der Waals surface area contributed by atoms with Crippen molar-refractivity contribution in [2.75, 3.05) is 6.61 Å². The molecule has 0 radical (unpaired) electrons. The van der Waals surface area contributed by atoms with E-state index in [2.05, 4.69) is 0 Å². The Kier molecular flexibility index (Phi) is 17.1. The van der Waals surface area contributed by atoms with Crippen molar-refractivity contribution in [3.63, 3.8) is 0 Å². The molecule has 3 atom stereocenters. The highest BCUT2D eigenvalue weighted by molar-refractivity contribution is 6.37. The zero-order valence-corrected chi connectivity index (χ0v) is 42.4. The van der Waals surface area contributed by atoms with Gasteiger partial charge in [0.1, 0.15) is 69.5 Å². The van der Waals surface area contributed by atoms with Gasteiger partial charge in [-0.25, -0.2) is 14.4 Å². The molecule has 0 fully saturated rings. The molecule has 0 aliphatic carbocycles. The molecule has 0 spiro atoms. The lowest BCUT2D eigenvalue weighted by Gasteiger charge is -2.26. The van der Waals surface area contributed by atoms with Crippen LogP contribution in [0.5, 0.6) is 17.2 Å². The average Bonchev–Trinajstić information content (AvgIpc) is 3.28. The lowest BCUT2D eigenvalue weighted by molar-refractivity contribution is 0.318. The number of ether oxygens (including phenoxy) is 3. The van der Waals surface area contributed by atoms with E-state index in [4.69, 9.17) is 119 Å². The van der Waals surface area contributed by atoms with E-state index in [0.29, 0.717) is 64.1 Å². The third-order valence-corrected chi connectivity index (χ3v) is 12.6. The topological polar surface area (TPSA) is 288 Å². The number of aliphatic hydroxyl groups is 1. The number of nitrogens with zero attached hydrogens (tertiary/aromatic N) is 3. The summed E-state index contributed by atoms with van der Waals surface area (Å²) in [5.41, 5.74) is 17.5. The summed E-state index contributed by atoms with van der Waals surface area (Å²) in [7, 11) is 0. The summed E-state index contributed by atoms with van der Waals surface area (Å²) in [6.07, 6.45) is 0. The van der Waals surface area contributed by atoms with Gasteiger partial charge in [-0.05, 0) is 64.1 Å². The second-order valence-corrected chi connectivity index (χ2v) is 17.7. The summed E-state index contributed by atoms with van der Waals surface area (Å²) in [6.45, 7) is 6.77. The molecule has 9 rings (SSSR count). The third-order valence-electron chi connectivity index (χ3n) is 10.6. The van der Waals surface area contributed by atoms with Crippen LogP contribution in [-0.4, -0.2) is 11.7 Å². The van der Waals surface area contributed by atoms with E-state index in [-0.39, 0.29) is 74.9 Å². The summed E-state index contributed by atoms with van der Waals surface area (Å²) < 4.78 is 31.7. The van der Waals surface area contributed by atoms with Gasteiger partial charge in [0.15, 0.2) is 0 Å². The minimum atomic E-state index is -0.846. The number of nitrogens with two attached hydrogens (primary N) is 3. The molecule has 0 amide bonds. The quantitative estimate of drug-likeness (QED) is 0.128. The predicted molar refractivity (Wildman–Crippen MR) is 269 cm³/mol. The normalized spacial score (nSPS) is 16.1. The average molecular weight is 1090 g/mol. The Morgan fingerprint density at radius 2 is 0.681 bits per heavy atom. The molecule has 7 N–H and O–H groups in total. The highest BCUT2D eigenvalue weighted by Gasteiger charge is 2.39. The van der Waals surface area contributed by atoms with Crippen LogP contribution in [0, 0.1) is 54.8 Å². The second-order valence-electron chi connectivity index (χ2n) is 15.3. The molecule has 0 bridgehead atoms. The van der Waals surface area contributed by atoms with Crippen LogP contribution >= 0.6 is 69.6 Å². The van der Waals surface area contributed by atoms with Crippen molar-refractivity contribution < 1.29 is 32.6 Å². The minimum absolute atomic E-state index is 0.0589. The van der Waals surface area contributed by atoms with Crippen LogP contribution in [0.3, 0.4) is 0 Å². The number of fused-ring (bicyclic) bond motifs is 3. The number of aliphatic hydroxyl groups excluding tert-OH is 1. The molecule has 3 aromatic carbocycles. The van der Waals surface area contributed by atoms with Gasteiger partial charge in [0.25, 0.3) is 0 Å². The van der Waals surface area contributed by atoms with E-state index in [1.807, 2.05) is 18.2 Å². The molecule has 0 saturated carbocycles. The molecule has 22 heteroatoms. The first kappa shape index (κ1) is 54.0. The number of halogens is 6. The highest BCUT2D eigenvalue weighted by atomic mass is 35.5. The maximum absolute atomic E-state index is 12.4. The molecule has 3 aromatic heterocycles. The molecule has 3 unspecified atom stereocenters. The van der Waals surface area contributed by atoms with Gasteiger partial charge in [-0.15, -0.1) is 0 Å². The van der Waals surface area contributed by atoms with Gasteiger partial charge < -0.3 is 49.8 Å². The summed E-state index contributed by atoms with van der Waals surface area (Å²) >= 11 is 37.5. The maximum Gasteiger partial charge on any atom is 0.343 e. The Balaban J connectivity index is 0.000000172. The van der Waals surface area contributed by atoms with Crippen LogP contribution in [0.2, 0.25) is 30.1 Å². The molecule has 72 heavy (non-hydrogen) atoms. The van der Waals surface area contributed by atoms with Crippen molar-refractivity contribution in [3.8, 4) is 35.5 Å². The minimum Gasteiger partial charge on any atom is -0.440 e. The predicted octanol–water partition coefficient (Wildman–Crippen LogP) is 10.4. The summed E-state index contributed by atoms with van der Waals surface area (Å²) in [4.78, 5) is 37.1. The number of nitriles is 3. The number of benzene rings is 3. The van der Waals surface area contributed by atoms with E-state index < -0.39 is 34.6 Å². The van der Waals surface area contributed by atoms with Crippen LogP contribution in [0.4, 0.5) is 0 Å². The van der Waals surface area contributed by atoms with Crippen molar-refractivity contribution >= 4 is 69.6 Å². The monoisotopic (exact) mass is 1090 g/mol. The zero-order valence-electron chi connectivity index (χ0n) is 37.8. The van der Waals surface area contributed by atoms with Gasteiger partial charge >= 0.3 is 16.9 Å². The number of aryl methyl sites for hydroxylation is 3. The van der Waals surface area contributed by atoms with Gasteiger partial charge in [-0.1, -0.05) is 87.8 Å².